The lowest BCUT2D eigenvalue weighted by Crippen LogP contribution is -2.52. The first-order valence-corrected chi connectivity index (χ1v) is 9.02. The maximum atomic E-state index is 11.7. The number of anilines is 1. The van der Waals surface area contributed by atoms with Crippen LogP contribution in [0.25, 0.3) is 0 Å². The number of carbonyl (C=O) groups is 1. The van der Waals surface area contributed by atoms with E-state index in [1.807, 2.05) is 20.8 Å². The molecular weight excluding hydrogens is 320 g/mol. The Labute approximate surface area is 149 Å². The Morgan fingerprint density at radius 1 is 1.32 bits per heavy atom. The zero-order valence-corrected chi connectivity index (χ0v) is 15.3. The number of ether oxygens (including phenoxy) is 2. The Morgan fingerprint density at radius 3 is 2.72 bits per heavy atom. The van der Waals surface area contributed by atoms with Gasteiger partial charge in [0.15, 0.2) is 0 Å². The van der Waals surface area contributed by atoms with E-state index in [4.69, 9.17) is 9.47 Å². The van der Waals surface area contributed by atoms with Crippen LogP contribution in [0.5, 0.6) is 0 Å². The minimum atomic E-state index is -0.461. The Bertz CT molecular complexity index is 590. The van der Waals surface area contributed by atoms with Gasteiger partial charge in [0.1, 0.15) is 17.7 Å². The van der Waals surface area contributed by atoms with Crippen LogP contribution >= 0.6 is 0 Å². The number of aromatic nitrogens is 2. The van der Waals surface area contributed by atoms with Crippen LogP contribution in [0.15, 0.2) is 12.4 Å². The fourth-order valence-electron chi connectivity index (χ4n) is 3.18. The third kappa shape index (κ3) is 5.04. The molecule has 2 fully saturated rings. The van der Waals surface area contributed by atoms with Gasteiger partial charge in [0.05, 0.1) is 0 Å². The molecule has 3 heterocycles. The highest BCUT2D eigenvalue weighted by molar-refractivity contribution is 5.67. The van der Waals surface area contributed by atoms with Gasteiger partial charge in [-0.15, -0.1) is 0 Å². The van der Waals surface area contributed by atoms with Crippen LogP contribution in [0.4, 0.5) is 10.6 Å². The highest BCUT2D eigenvalue weighted by atomic mass is 16.6. The Hall–Kier alpha value is -1.89. The summed E-state index contributed by atoms with van der Waals surface area (Å²) in [5, 5.41) is 2.84. The van der Waals surface area contributed by atoms with Crippen molar-refractivity contribution in [2.45, 2.75) is 45.1 Å². The number of hydrogen-bond acceptors (Lipinski definition) is 6. The summed E-state index contributed by atoms with van der Waals surface area (Å²) in [6, 6.07) is 2.10. The van der Waals surface area contributed by atoms with Gasteiger partial charge in [-0.3, -0.25) is 0 Å². The van der Waals surface area contributed by atoms with Crippen molar-refractivity contribution >= 4 is 11.9 Å². The summed E-state index contributed by atoms with van der Waals surface area (Å²) in [5.74, 6) is 1.88. The molecule has 0 saturated carbocycles. The van der Waals surface area contributed by atoms with E-state index in [-0.39, 0.29) is 6.09 Å². The van der Waals surface area contributed by atoms with Crippen LogP contribution in [-0.4, -0.2) is 54.5 Å². The highest BCUT2D eigenvalue weighted by Crippen LogP contribution is 2.29. The van der Waals surface area contributed by atoms with Crippen molar-refractivity contribution in [1.82, 2.24) is 15.3 Å². The molecule has 1 amide bonds. The van der Waals surface area contributed by atoms with Crippen molar-refractivity contribution < 1.29 is 14.3 Å². The van der Waals surface area contributed by atoms with Gasteiger partial charge in [0.2, 0.25) is 0 Å². The number of hydrogen-bond donors (Lipinski definition) is 1. The van der Waals surface area contributed by atoms with Crippen LogP contribution in [-0.2, 0) is 9.47 Å². The molecular formula is C18H28N4O3. The molecule has 7 heteroatoms. The van der Waals surface area contributed by atoms with Gasteiger partial charge in [-0.25, -0.2) is 14.8 Å². The van der Waals surface area contributed by atoms with Crippen molar-refractivity contribution in [2.75, 3.05) is 37.7 Å². The van der Waals surface area contributed by atoms with Crippen molar-refractivity contribution in [1.29, 1.82) is 0 Å². The average Bonchev–Trinajstić information content (AvgIpc) is 2.53. The van der Waals surface area contributed by atoms with E-state index in [0.29, 0.717) is 18.4 Å². The Balaban J connectivity index is 1.45. The molecule has 0 aromatic carbocycles. The lowest BCUT2D eigenvalue weighted by atomic mass is 9.95. The summed E-state index contributed by atoms with van der Waals surface area (Å²) in [6.07, 6.45) is 3.36. The Kier molecular flexibility index (Phi) is 5.42. The standard InChI is InChI=1S/C18H28N4O3/c1-18(2,3)25-17(23)19-9-13-10-22(11-13)16-8-15(20-12-21-16)14-4-6-24-7-5-14/h8,12-14H,4-7,9-11H2,1-3H3,(H,19,23). The van der Waals surface area contributed by atoms with Gasteiger partial charge in [-0.05, 0) is 33.6 Å². The van der Waals surface area contributed by atoms with Crippen LogP contribution in [0.3, 0.4) is 0 Å². The molecule has 25 heavy (non-hydrogen) atoms. The molecule has 138 valence electrons. The van der Waals surface area contributed by atoms with Crippen LogP contribution in [0.2, 0.25) is 0 Å². The van der Waals surface area contributed by atoms with E-state index < -0.39 is 5.60 Å². The van der Waals surface area contributed by atoms with E-state index in [2.05, 4.69) is 26.3 Å². The molecule has 0 spiro atoms. The molecule has 2 saturated heterocycles. The van der Waals surface area contributed by atoms with Crippen LogP contribution < -0.4 is 10.2 Å². The summed E-state index contributed by atoms with van der Waals surface area (Å²) in [6.45, 7) is 9.62. The van der Waals surface area contributed by atoms with Crippen LogP contribution in [0.1, 0.15) is 45.2 Å². The van der Waals surface area contributed by atoms with Gasteiger partial charge in [0, 0.05) is 56.4 Å². The maximum Gasteiger partial charge on any atom is 0.407 e. The average molecular weight is 348 g/mol. The zero-order valence-electron chi connectivity index (χ0n) is 15.3. The summed E-state index contributed by atoms with van der Waals surface area (Å²) >= 11 is 0. The second-order valence-corrected chi connectivity index (χ2v) is 7.84. The minimum absolute atomic E-state index is 0.352. The maximum absolute atomic E-state index is 11.7. The summed E-state index contributed by atoms with van der Waals surface area (Å²) in [4.78, 5) is 22.8. The molecule has 0 atom stereocenters. The largest absolute Gasteiger partial charge is 0.444 e. The van der Waals surface area contributed by atoms with Gasteiger partial charge in [-0.2, -0.15) is 0 Å². The molecule has 0 aliphatic carbocycles. The topological polar surface area (TPSA) is 76.6 Å². The number of carbonyl (C=O) groups excluding carboxylic acids is 1. The molecule has 0 bridgehead atoms. The summed E-state index contributed by atoms with van der Waals surface area (Å²) in [7, 11) is 0. The molecule has 1 N–H and O–H groups in total. The van der Waals surface area contributed by atoms with Crippen molar-refractivity contribution in [3.8, 4) is 0 Å². The number of alkyl carbamates (subject to hydrolysis) is 1. The van der Waals surface area contributed by atoms with E-state index in [9.17, 15) is 4.79 Å². The van der Waals surface area contributed by atoms with E-state index >= 15 is 0 Å². The van der Waals surface area contributed by atoms with Crippen molar-refractivity contribution in [3.05, 3.63) is 18.1 Å². The molecule has 2 aliphatic rings. The SMILES string of the molecule is CC(C)(C)OC(=O)NCC1CN(c2cc(C3CCOCC3)ncn2)C1. The fraction of sp³-hybridized carbons (Fsp3) is 0.722. The predicted octanol–water partition coefficient (Wildman–Crippen LogP) is 2.33. The minimum Gasteiger partial charge on any atom is -0.444 e. The summed E-state index contributed by atoms with van der Waals surface area (Å²) in [5.41, 5.74) is 0.653. The molecule has 7 nitrogen and oxygen atoms in total. The lowest BCUT2D eigenvalue weighted by molar-refractivity contribution is 0.0516. The van der Waals surface area contributed by atoms with E-state index in [0.717, 1.165) is 50.7 Å². The number of nitrogens with zero attached hydrogens (tertiary/aromatic N) is 3. The third-order valence-corrected chi connectivity index (χ3v) is 4.53. The molecule has 0 unspecified atom stereocenters. The highest BCUT2D eigenvalue weighted by Gasteiger charge is 2.29. The third-order valence-electron chi connectivity index (χ3n) is 4.53. The molecule has 0 radical (unpaired) electrons. The molecule has 1 aromatic heterocycles. The molecule has 2 aliphatic heterocycles. The van der Waals surface area contributed by atoms with E-state index in [1.165, 1.54) is 0 Å². The van der Waals surface area contributed by atoms with Crippen LogP contribution in [0, 0.1) is 5.92 Å². The normalized spacial score (nSPS) is 19.4. The second-order valence-electron chi connectivity index (χ2n) is 7.84. The first kappa shape index (κ1) is 17.9. The second kappa shape index (κ2) is 7.56. The monoisotopic (exact) mass is 348 g/mol. The smallest absolute Gasteiger partial charge is 0.407 e. The first-order valence-electron chi connectivity index (χ1n) is 9.02. The van der Waals surface area contributed by atoms with E-state index in [1.54, 1.807) is 6.33 Å². The van der Waals surface area contributed by atoms with Gasteiger partial charge < -0.3 is 19.7 Å². The van der Waals surface area contributed by atoms with Gasteiger partial charge >= 0.3 is 6.09 Å². The molecule has 1 aromatic rings. The first-order chi connectivity index (χ1) is 11.9. The Morgan fingerprint density at radius 2 is 2.04 bits per heavy atom. The van der Waals surface area contributed by atoms with Crippen molar-refractivity contribution in [2.24, 2.45) is 5.92 Å². The number of amides is 1. The quantitative estimate of drug-likeness (QED) is 0.900. The summed E-state index contributed by atoms with van der Waals surface area (Å²) < 4.78 is 10.7. The van der Waals surface area contributed by atoms with Gasteiger partial charge in [-0.1, -0.05) is 0 Å². The lowest BCUT2D eigenvalue weighted by Gasteiger charge is -2.40. The van der Waals surface area contributed by atoms with Gasteiger partial charge in [0.25, 0.3) is 0 Å². The van der Waals surface area contributed by atoms with Crippen molar-refractivity contribution in [3.63, 3.8) is 0 Å². The molecule has 3 rings (SSSR count). The number of rotatable bonds is 4. The zero-order chi connectivity index (χ0) is 17.9. The fourth-order valence-corrected chi connectivity index (χ4v) is 3.18. The predicted molar refractivity (Wildman–Crippen MR) is 94.8 cm³/mol. The number of nitrogens with one attached hydrogen (secondary N) is 1.